The van der Waals surface area contributed by atoms with Crippen LogP contribution in [0.4, 0.5) is 22.0 Å². The summed E-state index contributed by atoms with van der Waals surface area (Å²) in [5, 5.41) is 6.78. The highest BCUT2D eigenvalue weighted by atomic mass is 19.4. The molecule has 1 aliphatic heterocycles. The standard InChI is InChI=1S/C22H18F5N5/c1-21(2,15-6-3-5-14(28-15)13-9-10-18(23)30-20(13)24)16-7-4-8-19(29-16)32-12-11-17(31-32)22(25,26)27/h3-12,14,28H,1-2H3. The van der Waals surface area contributed by atoms with Gasteiger partial charge in [-0.05, 0) is 50.3 Å². The molecule has 3 aromatic rings. The molecule has 4 heterocycles. The summed E-state index contributed by atoms with van der Waals surface area (Å²) in [5.41, 5.74) is -0.298. The van der Waals surface area contributed by atoms with Crippen molar-refractivity contribution in [3.63, 3.8) is 0 Å². The fourth-order valence-corrected chi connectivity index (χ4v) is 3.39. The monoisotopic (exact) mass is 447 g/mol. The Hall–Kier alpha value is -3.56. The van der Waals surface area contributed by atoms with E-state index >= 15 is 0 Å². The molecule has 0 radical (unpaired) electrons. The first-order valence-electron chi connectivity index (χ1n) is 9.64. The van der Waals surface area contributed by atoms with E-state index < -0.39 is 35.2 Å². The van der Waals surface area contributed by atoms with Gasteiger partial charge in [-0.2, -0.15) is 32.0 Å². The first-order valence-corrected chi connectivity index (χ1v) is 9.64. The largest absolute Gasteiger partial charge is 0.435 e. The Balaban J connectivity index is 1.62. The molecule has 4 rings (SSSR count). The zero-order valence-electron chi connectivity index (χ0n) is 17.0. The maximum absolute atomic E-state index is 14.2. The molecule has 1 unspecified atom stereocenters. The van der Waals surface area contributed by atoms with E-state index in [4.69, 9.17) is 0 Å². The highest BCUT2D eigenvalue weighted by Gasteiger charge is 2.34. The summed E-state index contributed by atoms with van der Waals surface area (Å²) in [7, 11) is 0. The first-order chi connectivity index (χ1) is 15.1. The number of aromatic nitrogens is 4. The summed E-state index contributed by atoms with van der Waals surface area (Å²) in [5.74, 6) is -1.59. The number of pyridine rings is 2. The van der Waals surface area contributed by atoms with Gasteiger partial charge in [-0.3, -0.25) is 0 Å². The average Bonchev–Trinajstić information content (AvgIpc) is 3.25. The van der Waals surface area contributed by atoms with Crippen LogP contribution >= 0.6 is 0 Å². The molecule has 0 aromatic carbocycles. The van der Waals surface area contributed by atoms with E-state index in [0.717, 1.165) is 16.8 Å². The third-order valence-electron chi connectivity index (χ3n) is 5.22. The summed E-state index contributed by atoms with van der Waals surface area (Å²) in [6.07, 6.45) is 1.90. The van der Waals surface area contributed by atoms with Crippen LogP contribution in [0.15, 0.2) is 66.5 Å². The molecular formula is C22H18F5N5. The Bertz CT molecular complexity index is 1210. The molecule has 32 heavy (non-hydrogen) atoms. The minimum Gasteiger partial charge on any atom is -0.377 e. The molecule has 0 fully saturated rings. The van der Waals surface area contributed by atoms with Crippen LogP contribution in [0.2, 0.25) is 0 Å². The van der Waals surface area contributed by atoms with Gasteiger partial charge in [0, 0.05) is 22.9 Å². The fraction of sp³-hybridized carbons (Fsp3) is 0.227. The number of nitrogens with zero attached hydrogens (tertiary/aromatic N) is 4. The summed E-state index contributed by atoms with van der Waals surface area (Å²) >= 11 is 0. The molecule has 3 aromatic heterocycles. The highest BCUT2D eigenvalue weighted by Crippen LogP contribution is 2.34. The molecular weight excluding hydrogens is 429 g/mol. The lowest BCUT2D eigenvalue weighted by Gasteiger charge is -2.33. The molecule has 0 bridgehead atoms. The molecule has 0 saturated carbocycles. The van der Waals surface area contributed by atoms with Crippen molar-refractivity contribution in [2.45, 2.75) is 31.5 Å². The SMILES string of the molecule is CC(C)(C1=CC=CC(c2ccc(F)nc2F)N1)c1cccc(-n2ccc(C(F)(F)F)n2)n1. The van der Waals surface area contributed by atoms with Crippen molar-refractivity contribution in [1.82, 2.24) is 25.1 Å². The Morgan fingerprint density at radius 3 is 2.44 bits per heavy atom. The van der Waals surface area contributed by atoms with Crippen molar-refractivity contribution in [2.75, 3.05) is 0 Å². The van der Waals surface area contributed by atoms with Gasteiger partial charge in [0.05, 0.1) is 11.7 Å². The maximum Gasteiger partial charge on any atom is 0.435 e. The lowest BCUT2D eigenvalue weighted by molar-refractivity contribution is -0.141. The molecule has 0 spiro atoms. The number of rotatable bonds is 4. The third kappa shape index (κ3) is 4.12. The van der Waals surface area contributed by atoms with E-state index in [0.29, 0.717) is 11.4 Å². The summed E-state index contributed by atoms with van der Waals surface area (Å²) < 4.78 is 67.0. The van der Waals surface area contributed by atoms with E-state index in [-0.39, 0.29) is 11.4 Å². The molecule has 0 saturated heterocycles. The minimum absolute atomic E-state index is 0.182. The Labute approximate surface area is 180 Å². The molecule has 10 heteroatoms. The van der Waals surface area contributed by atoms with Crippen LogP contribution in [-0.2, 0) is 11.6 Å². The van der Waals surface area contributed by atoms with Crippen LogP contribution in [0.1, 0.15) is 36.8 Å². The maximum atomic E-state index is 14.2. The van der Waals surface area contributed by atoms with Crippen LogP contribution < -0.4 is 5.32 Å². The Morgan fingerprint density at radius 2 is 1.75 bits per heavy atom. The minimum atomic E-state index is -4.55. The van der Waals surface area contributed by atoms with Crippen LogP contribution in [0.3, 0.4) is 0 Å². The van der Waals surface area contributed by atoms with Gasteiger partial charge in [-0.1, -0.05) is 18.2 Å². The summed E-state index contributed by atoms with van der Waals surface area (Å²) in [6.45, 7) is 3.75. The molecule has 1 aliphatic rings. The van der Waals surface area contributed by atoms with E-state index in [1.54, 1.807) is 36.4 Å². The quantitative estimate of drug-likeness (QED) is 0.451. The van der Waals surface area contributed by atoms with Crippen molar-refractivity contribution in [1.29, 1.82) is 0 Å². The average molecular weight is 447 g/mol. The normalized spacial score (nSPS) is 16.6. The van der Waals surface area contributed by atoms with Crippen LogP contribution in [0, 0.1) is 11.9 Å². The number of hydrogen-bond donors (Lipinski definition) is 1. The number of allylic oxidation sites excluding steroid dienone is 3. The number of nitrogens with one attached hydrogen (secondary N) is 1. The van der Waals surface area contributed by atoms with Gasteiger partial charge in [-0.15, -0.1) is 0 Å². The van der Waals surface area contributed by atoms with Gasteiger partial charge < -0.3 is 5.32 Å². The number of alkyl halides is 3. The summed E-state index contributed by atoms with van der Waals surface area (Å²) in [4.78, 5) is 7.73. The van der Waals surface area contributed by atoms with E-state index in [1.807, 2.05) is 13.8 Å². The summed E-state index contributed by atoms with van der Waals surface area (Å²) in [6, 6.07) is 7.68. The van der Waals surface area contributed by atoms with Gasteiger partial charge in [0.25, 0.3) is 0 Å². The van der Waals surface area contributed by atoms with Crippen molar-refractivity contribution >= 4 is 0 Å². The predicted molar refractivity (Wildman–Crippen MR) is 107 cm³/mol. The molecule has 1 atom stereocenters. The highest BCUT2D eigenvalue weighted by molar-refractivity contribution is 5.39. The topological polar surface area (TPSA) is 55.6 Å². The van der Waals surface area contributed by atoms with E-state index in [1.165, 1.54) is 12.3 Å². The van der Waals surface area contributed by atoms with Crippen molar-refractivity contribution in [3.8, 4) is 5.82 Å². The van der Waals surface area contributed by atoms with Gasteiger partial charge in [0.1, 0.15) is 0 Å². The molecule has 0 aliphatic carbocycles. The van der Waals surface area contributed by atoms with E-state index in [2.05, 4.69) is 20.4 Å². The number of halogens is 5. The van der Waals surface area contributed by atoms with Gasteiger partial charge in [-0.25, -0.2) is 9.67 Å². The smallest absolute Gasteiger partial charge is 0.377 e. The van der Waals surface area contributed by atoms with Crippen LogP contribution in [-0.4, -0.2) is 19.7 Å². The van der Waals surface area contributed by atoms with Crippen LogP contribution in [0.25, 0.3) is 5.82 Å². The van der Waals surface area contributed by atoms with E-state index in [9.17, 15) is 22.0 Å². The zero-order chi connectivity index (χ0) is 23.1. The van der Waals surface area contributed by atoms with Gasteiger partial charge in [0.2, 0.25) is 11.9 Å². The lowest BCUT2D eigenvalue weighted by atomic mass is 9.83. The lowest BCUT2D eigenvalue weighted by Crippen LogP contribution is -2.35. The molecule has 1 N–H and O–H groups in total. The zero-order valence-corrected chi connectivity index (χ0v) is 17.0. The molecule has 166 valence electrons. The first kappa shape index (κ1) is 21.7. The second-order valence-electron chi connectivity index (χ2n) is 7.75. The second-order valence-corrected chi connectivity index (χ2v) is 7.75. The fourth-order valence-electron chi connectivity index (χ4n) is 3.39. The second kappa shape index (κ2) is 7.85. The van der Waals surface area contributed by atoms with Crippen LogP contribution in [0.5, 0.6) is 0 Å². The van der Waals surface area contributed by atoms with Crippen molar-refractivity contribution < 1.29 is 22.0 Å². The predicted octanol–water partition coefficient (Wildman–Crippen LogP) is 5.02. The molecule has 0 amide bonds. The van der Waals surface area contributed by atoms with Gasteiger partial charge >= 0.3 is 6.18 Å². The Morgan fingerprint density at radius 1 is 0.969 bits per heavy atom. The third-order valence-corrected chi connectivity index (χ3v) is 5.22. The molecule has 5 nitrogen and oxygen atoms in total. The van der Waals surface area contributed by atoms with Crippen molar-refractivity contribution in [2.24, 2.45) is 0 Å². The van der Waals surface area contributed by atoms with Crippen molar-refractivity contribution in [3.05, 3.63) is 95.4 Å². The van der Waals surface area contributed by atoms with Gasteiger partial charge in [0.15, 0.2) is 11.5 Å². The number of hydrogen-bond acceptors (Lipinski definition) is 4. The number of dihydropyridines is 1. The Kier molecular flexibility index (Phi) is 5.31.